The number of fused-ring (bicyclic) bond motifs is 1. The maximum atomic E-state index is 13.0. The van der Waals surface area contributed by atoms with Gasteiger partial charge >= 0.3 is 6.18 Å². The maximum absolute atomic E-state index is 13.0. The molecule has 0 saturated carbocycles. The molecule has 3 nitrogen and oxygen atoms in total. The van der Waals surface area contributed by atoms with Crippen LogP contribution in [0, 0.1) is 0 Å². The van der Waals surface area contributed by atoms with Crippen molar-refractivity contribution < 1.29 is 17.9 Å². The molecular formula is C15H11F3N2O. The number of imidazole rings is 1. The molecule has 0 aliphatic heterocycles. The fraction of sp³-hybridized carbons (Fsp3) is 0.133. The SMILES string of the molecule is COc1ccccc1-c1cn2cccc(C(F)(F)F)c2n1. The molecule has 6 heteroatoms. The first-order chi connectivity index (χ1) is 10.0. The molecule has 21 heavy (non-hydrogen) atoms. The number of para-hydroxylation sites is 1. The van der Waals surface area contributed by atoms with Gasteiger partial charge in [0.15, 0.2) is 0 Å². The number of hydrogen-bond acceptors (Lipinski definition) is 2. The molecule has 0 fully saturated rings. The lowest BCUT2D eigenvalue weighted by Crippen LogP contribution is -2.07. The van der Waals surface area contributed by atoms with Crippen molar-refractivity contribution in [2.45, 2.75) is 6.18 Å². The molecule has 0 radical (unpaired) electrons. The second-order valence-electron chi connectivity index (χ2n) is 4.48. The Balaban J connectivity index is 2.23. The number of aromatic nitrogens is 2. The molecule has 0 N–H and O–H groups in total. The van der Waals surface area contributed by atoms with Crippen LogP contribution in [0.2, 0.25) is 0 Å². The zero-order valence-electron chi connectivity index (χ0n) is 11.1. The highest BCUT2D eigenvalue weighted by Crippen LogP contribution is 2.34. The molecule has 0 unspecified atom stereocenters. The molecular weight excluding hydrogens is 281 g/mol. The first kappa shape index (κ1) is 13.5. The van der Waals surface area contributed by atoms with Gasteiger partial charge in [-0.2, -0.15) is 13.2 Å². The maximum Gasteiger partial charge on any atom is 0.419 e. The normalized spacial score (nSPS) is 11.8. The van der Waals surface area contributed by atoms with Crippen molar-refractivity contribution in [3.05, 3.63) is 54.4 Å². The number of pyridine rings is 1. The van der Waals surface area contributed by atoms with Crippen molar-refractivity contribution in [1.29, 1.82) is 0 Å². The topological polar surface area (TPSA) is 26.5 Å². The smallest absolute Gasteiger partial charge is 0.419 e. The van der Waals surface area contributed by atoms with Crippen LogP contribution >= 0.6 is 0 Å². The van der Waals surface area contributed by atoms with E-state index in [9.17, 15) is 13.2 Å². The van der Waals surface area contributed by atoms with E-state index in [1.165, 1.54) is 23.8 Å². The average Bonchev–Trinajstić information content (AvgIpc) is 2.89. The molecule has 0 bridgehead atoms. The van der Waals surface area contributed by atoms with Crippen LogP contribution in [0.1, 0.15) is 5.56 Å². The number of alkyl halides is 3. The van der Waals surface area contributed by atoms with Crippen molar-refractivity contribution >= 4 is 5.65 Å². The molecule has 2 heterocycles. The molecule has 0 aliphatic rings. The van der Waals surface area contributed by atoms with Gasteiger partial charge in [-0.1, -0.05) is 12.1 Å². The summed E-state index contributed by atoms with van der Waals surface area (Å²) in [4.78, 5) is 4.12. The lowest BCUT2D eigenvalue weighted by molar-refractivity contribution is -0.136. The Labute approximate surface area is 118 Å². The summed E-state index contributed by atoms with van der Waals surface area (Å²) < 4.78 is 45.6. The summed E-state index contributed by atoms with van der Waals surface area (Å²) in [5.41, 5.74) is 0.207. The van der Waals surface area contributed by atoms with Crippen molar-refractivity contribution in [3.8, 4) is 17.0 Å². The number of halogens is 3. The number of benzene rings is 1. The Morgan fingerprint density at radius 3 is 2.57 bits per heavy atom. The van der Waals surface area contributed by atoms with Gasteiger partial charge in [-0.05, 0) is 24.3 Å². The molecule has 108 valence electrons. The quantitative estimate of drug-likeness (QED) is 0.713. The summed E-state index contributed by atoms with van der Waals surface area (Å²) >= 11 is 0. The van der Waals surface area contributed by atoms with E-state index >= 15 is 0 Å². The monoisotopic (exact) mass is 292 g/mol. The zero-order chi connectivity index (χ0) is 15.0. The largest absolute Gasteiger partial charge is 0.496 e. The standard InChI is InChI=1S/C15H11F3N2O/c1-21-13-7-3-2-5-10(13)12-9-20-8-4-6-11(14(20)19-12)15(16,17)18/h2-9H,1H3. The van der Waals surface area contributed by atoms with Gasteiger partial charge < -0.3 is 9.14 Å². The average molecular weight is 292 g/mol. The van der Waals surface area contributed by atoms with Crippen LogP contribution < -0.4 is 4.74 Å². The Bertz CT molecular complexity index is 793. The van der Waals surface area contributed by atoms with E-state index in [0.717, 1.165) is 6.07 Å². The minimum Gasteiger partial charge on any atom is -0.496 e. The lowest BCUT2D eigenvalue weighted by Gasteiger charge is -2.06. The number of nitrogens with zero attached hydrogens (tertiary/aromatic N) is 2. The Hall–Kier alpha value is -2.50. The van der Waals surface area contributed by atoms with Gasteiger partial charge in [0, 0.05) is 18.0 Å². The molecule has 3 rings (SSSR count). The van der Waals surface area contributed by atoms with E-state index in [2.05, 4.69) is 4.98 Å². The predicted molar refractivity (Wildman–Crippen MR) is 72.2 cm³/mol. The van der Waals surface area contributed by atoms with Crippen LogP contribution in [-0.2, 0) is 6.18 Å². The number of rotatable bonds is 2. The summed E-state index contributed by atoms with van der Waals surface area (Å²) in [6.45, 7) is 0. The van der Waals surface area contributed by atoms with Gasteiger partial charge in [0.25, 0.3) is 0 Å². The summed E-state index contributed by atoms with van der Waals surface area (Å²) in [5.74, 6) is 0.564. The van der Waals surface area contributed by atoms with E-state index in [-0.39, 0.29) is 5.65 Å². The highest BCUT2D eigenvalue weighted by Gasteiger charge is 2.34. The van der Waals surface area contributed by atoms with E-state index in [4.69, 9.17) is 4.74 Å². The van der Waals surface area contributed by atoms with Crippen LogP contribution in [0.15, 0.2) is 48.8 Å². The third-order valence-corrected chi connectivity index (χ3v) is 3.17. The van der Waals surface area contributed by atoms with Crippen LogP contribution in [0.25, 0.3) is 16.9 Å². The molecule has 0 aliphatic carbocycles. The van der Waals surface area contributed by atoms with Crippen molar-refractivity contribution in [2.24, 2.45) is 0 Å². The Kier molecular flexibility index (Phi) is 3.08. The highest BCUT2D eigenvalue weighted by molar-refractivity contribution is 5.70. The predicted octanol–water partition coefficient (Wildman–Crippen LogP) is 4.03. The fourth-order valence-electron chi connectivity index (χ4n) is 2.22. The first-order valence-corrected chi connectivity index (χ1v) is 6.19. The van der Waals surface area contributed by atoms with E-state index in [0.29, 0.717) is 17.0 Å². The number of hydrogen-bond donors (Lipinski definition) is 0. The first-order valence-electron chi connectivity index (χ1n) is 6.19. The number of ether oxygens (including phenoxy) is 1. The molecule has 0 saturated heterocycles. The van der Waals surface area contributed by atoms with Gasteiger partial charge in [-0.15, -0.1) is 0 Å². The zero-order valence-corrected chi connectivity index (χ0v) is 11.1. The van der Waals surface area contributed by atoms with Gasteiger partial charge in [0.05, 0.1) is 18.4 Å². The van der Waals surface area contributed by atoms with Crippen molar-refractivity contribution in [2.75, 3.05) is 7.11 Å². The minimum atomic E-state index is -4.44. The second-order valence-corrected chi connectivity index (χ2v) is 4.48. The van der Waals surface area contributed by atoms with E-state index in [1.54, 1.807) is 30.5 Å². The fourth-order valence-corrected chi connectivity index (χ4v) is 2.22. The summed E-state index contributed by atoms with van der Waals surface area (Å²) in [6, 6.07) is 9.45. The summed E-state index contributed by atoms with van der Waals surface area (Å²) in [6.07, 6.45) is -1.34. The molecule has 0 spiro atoms. The van der Waals surface area contributed by atoms with E-state index in [1.807, 2.05) is 0 Å². The minimum absolute atomic E-state index is 0.120. The molecule has 0 atom stereocenters. The number of methoxy groups -OCH3 is 1. The van der Waals surface area contributed by atoms with E-state index < -0.39 is 11.7 Å². The second kappa shape index (κ2) is 4.80. The van der Waals surface area contributed by atoms with Crippen LogP contribution in [-0.4, -0.2) is 16.5 Å². The van der Waals surface area contributed by atoms with Crippen molar-refractivity contribution in [1.82, 2.24) is 9.38 Å². The van der Waals surface area contributed by atoms with Crippen LogP contribution in [0.4, 0.5) is 13.2 Å². The molecule has 3 aromatic rings. The highest BCUT2D eigenvalue weighted by atomic mass is 19.4. The summed E-state index contributed by atoms with van der Waals surface area (Å²) in [5, 5.41) is 0. The third-order valence-electron chi connectivity index (χ3n) is 3.17. The van der Waals surface area contributed by atoms with Gasteiger partial charge in [0.1, 0.15) is 11.4 Å². The molecule has 2 aromatic heterocycles. The summed E-state index contributed by atoms with van der Waals surface area (Å²) in [7, 11) is 1.51. The molecule has 0 amide bonds. The lowest BCUT2D eigenvalue weighted by atomic mass is 10.1. The van der Waals surface area contributed by atoms with Gasteiger partial charge in [-0.3, -0.25) is 0 Å². The Morgan fingerprint density at radius 2 is 1.86 bits per heavy atom. The van der Waals surface area contributed by atoms with Crippen LogP contribution in [0.5, 0.6) is 5.75 Å². The molecule has 1 aromatic carbocycles. The van der Waals surface area contributed by atoms with Gasteiger partial charge in [-0.25, -0.2) is 4.98 Å². The van der Waals surface area contributed by atoms with Crippen molar-refractivity contribution in [3.63, 3.8) is 0 Å². The third kappa shape index (κ3) is 2.33. The van der Waals surface area contributed by atoms with Crippen LogP contribution in [0.3, 0.4) is 0 Å². The van der Waals surface area contributed by atoms with Gasteiger partial charge in [0.2, 0.25) is 0 Å². The Morgan fingerprint density at radius 1 is 1.10 bits per heavy atom.